The molecule has 0 aliphatic carbocycles. The molecule has 2 unspecified atom stereocenters. The summed E-state index contributed by atoms with van der Waals surface area (Å²) in [5.74, 6) is 0.474. The van der Waals surface area contributed by atoms with Crippen molar-refractivity contribution in [3.63, 3.8) is 0 Å². The Labute approximate surface area is 178 Å². The van der Waals surface area contributed by atoms with Crippen LogP contribution in [0.25, 0.3) is 0 Å². The SMILES string of the molecule is CC[C@H]1CCN(C[C@@H]2CCCN2C(=O)CN)C1C(=O)NC(CCSC)C(=O)OC. The lowest BCUT2D eigenvalue weighted by atomic mass is 9.96. The van der Waals surface area contributed by atoms with Crippen molar-refractivity contribution in [2.75, 3.05) is 45.3 Å². The predicted molar refractivity (Wildman–Crippen MR) is 114 cm³/mol. The highest BCUT2D eigenvalue weighted by Crippen LogP contribution is 2.30. The van der Waals surface area contributed by atoms with Crippen LogP contribution in [0.4, 0.5) is 0 Å². The van der Waals surface area contributed by atoms with Gasteiger partial charge in [0.05, 0.1) is 19.7 Å². The van der Waals surface area contributed by atoms with E-state index in [0.29, 0.717) is 13.0 Å². The quantitative estimate of drug-likeness (QED) is 0.487. The minimum atomic E-state index is -0.623. The molecular weight excluding hydrogens is 392 g/mol. The van der Waals surface area contributed by atoms with Gasteiger partial charge >= 0.3 is 5.97 Å². The molecule has 0 bridgehead atoms. The standard InChI is InChI=1S/C20H36N4O4S/c1-4-14-7-10-23(13-15-6-5-9-24(15)17(25)12-21)18(14)19(26)22-16(8-11-29-3)20(27)28-2/h14-16,18H,4-13,21H2,1-3H3,(H,22,26)/t14-,15-,16?,18?/m0/s1. The highest BCUT2D eigenvalue weighted by Gasteiger charge is 2.41. The van der Waals surface area contributed by atoms with Gasteiger partial charge in [0.1, 0.15) is 6.04 Å². The maximum absolute atomic E-state index is 13.2. The molecule has 0 aromatic heterocycles. The average molecular weight is 429 g/mol. The number of esters is 1. The van der Waals surface area contributed by atoms with Gasteiger partial charge in [0.2, 0.25) is 11.8 Å². The largest absolute Gasteiger partial charge is 0.467 e. The second kappa shape index (κ2) is 11.8. The van der Waals surface area contributed by atoms with Gasteiger partial charge in [0.15, 0.2) is 0 Å². The van der Waals surface area contributed by atoms with Gasteiger partial charge in [-0.25, -0.2) is 4.79 Å². The molecule has 2 aliphatic heterocycles. The molecule has 2 saturated heterocycles. The van der Waals surface area contributed by atoms with Crippen molar-refractivity contribution in [1.29, 1.82) is 0 Å². The molecule has 4 atom stereocenters. The zero-order valence-corrected chi connectivity index (χ0v) is 18.7. The summed E-state index contributed by atoms with van der Waals surface area (Å²) >= 11 is 1.63. The second-order valence-electron chi connectivity index (χ2n) is 7.85. The number of methoxy groups -OCH3 is 1. The van der Waals surface area contributed by atoms with Crippen molar-refractivity contribution < 1.29 is 19.1 Å². The summed E-state index contributed by atoms with van der Waals surface area (Å²) in [6.45, 7) is 4.36. The molecule has 0 radical (unpaired) electrons. The number of nitrogens with one attached hydrogen (secondary N) is 1. The lowest BCUT2D eigenvalue weighted by Crippen LogP contribution is -2.54. The third-order valence-corrected chi connectivity index (χ3v) is 6.79. The second-order valence-corrected chi connectivity index (χ2v) is 8.84. The molecule has 0 aromatic carbocycles. The van der Waals surface area contributed by atoms with Gasteiger partial charge in [-0.05, 0) is 50.2 Å². The predicted octanol–water partition coefficient (Wildman–Crippen LogP) is 0.448. The van der Waals surface area contributed by atoms with Crippen LogP contribution in [0, 0.1) is 5.92 Å². The van der Waals surface area contributed by atoms with E-state index in [9.17, 15) is 14.4 Å². The summed E-state index contributed by atoms with van der Waals surface area (Å²) in [6, 6.07) is -0.802. The number of amides is 2. The molecule has 0 saturated carbocycles. The first-order valence-electron chi connectivity index (χ1n) is 10.6. The molecule has 2 aliphatic rings. The molecule has 29 heavy (non-hydrogen) atoms. The van der Waals surface area contributed by atoms with Crippen LogP contribution in [0.2, 0.25) is 0 Å². The average Bonchev–Trinajstić information content (AvgIpc) is 3.36. The summed E-state index contributed by atoms with van der Waals surface area (Å²) in [5, 5.41) is 2.94. The van der Waals surface area contributed by atoms with Gasteiger partial charge in [-0.2, -0.15) is 11.8 Å². The fourth-order valence-corrected chi connectivity index (χ4v) is 5.04. The summed E-state index contributed by atoms with van der Waals surface area (Å²) in [6.07, 6.45) is 6.27. The lowest BCUT2D eigenvalue weighted by Gasteiger charge is -2.33. The van der Waals surface area contributed by atoms with E-state index < -0.39 is 12.0 Å². The first-order chi connectivity index (χ1) is 14.0. The number of hydrogen-bond acceptors (Lipinski definition) is 7. The third kappa shape index (κ3) is 6.08. The number of ether oxygens (including phenoxy) is 1. The van der Waals surface area contributed by atoms with Gasteiger partial charge in [-0.15, -0.1) is 0 Å². The van der Waals surface area contributed by atoms with Crippen LogP contribution < -0.4 is 11.1 Å². The van der Waals surface area contributed by atoms with Gasteiger partial charge < -0.3 is 20.7 Å². The van der Waals surface area contributed by atoms with Gasteiger partial charge in [-0.1, -0.05) is 13.3 Å². The normalized spacial score (nSPS) is 25.8. The molecule has 2 fully saturated rings. The van der Waals surface area contributed by atoms with Gasteiger partial charge in [0, 0.05) is 19.1 Å². The van der Waals surface area contributed by atoms with Crippen LogP contribution in [0.5, 0.6) is 0 Å². The highest BCUT2D eigenvalue weighted by atomic mass is 32.2. The first-order valence-corrected chi connectivity index (χ1v) is 12.0. The van der Waals surface area contributed by atoms with Crippen molar-refractivity contribution in [1.82, 2.24) is 15.1 Å². The molecule has 0 aromatic rings. The van der Waals surface area contributed by atoms with Crippen molar-refractivity contribution >= 4 is 29.5 Å². The number of thioether (sulfide) groups is 1. The Balaban J connectivity index is 2.08. The van der Waals surface area contributed by atoms with Crippen LogP contribution in [-0.2, 0) is 19.1 Å². The lowest BCUT2D eigenvalue weighted by molar-refractivity contribution is -0.146. The fraction of sp³-hybridized carbons (Fsp3) is 0.850. The molecule has 9 heteroatoms. The molecule has 2 rings (SSSR count). The van der Waals surface area contributed by atoms with E-state index in [2.05, 4.69) is 17.1 Å². The van der Waals surface area contributed by atoms with Gasteiger partial charge in [0.25, 0.3) is 0 Å². The Bertz CT molecular complexity index is 577. The molecule has 2 amide bonds. The third-order valence-electron chi connectivity index (χ3n) is 6.15. The Morgan fingerprint density at radius 1 is 1.28 bits per heavy atom. The van der Waals surface area contributed by atoms with E-state index >= 15 is 0 Å². The summed E-state index contributed by atoms with van der Waals surface area (Å²) in [4.78, 5) is 41.5. The Hall–Kier alpha value is -1.32. The van der Waals surface area contributed by atoms with Crippen molar-refractivity contribution in [3.8, 4) is 0 Å². The topological polar surface area (TPSA) is 105 Å². The number of carbonyl (C=O) groups excluding carboxylic acids is 3. The van der Waals surface area contributed by atoms with Gasteiger partial charge in [-0.3, -0.25) is 14.5 Å². The first kappa shape index (κ1) is 24.0. The minimum absolute atomic E-state index is 0.0221. The van der Waals surface area contributed by atoms with Crippen molar-refractivity contribution in [2.24, 2.45) is 11.7 Å². The number of likely N-dealkylation sites (tertiary alicyclic amines) is 2. The fourth-order valence-electron chi connectivity index (χ4n) is 4.56. The molecule has 166 valence electrons. The van der Waals surface area contributed by atoms with Crippen molar-refractivity contribution in [2.45, 2.75) is 57.2 Å². The van der Waals surface area contributed by atoms with E-state index in [4.69, 9.17) is 10.5 Å². The molecule has 8 nitrogen and oxygen atoms in total. The number of nitrogens with two attached hydrogens (primary N) is 1. The van der Waals surface area contributed by atoms with Crippen LogP contribution in [0.15, 0.2) is 0 Å². The smallest absolute Gasteiger partial charge is 0.328 e. The Kier molecular flexibility index (Phi) is 9.71. The number of carbonyl (C=O) groups is 3. The van der Waals surface area contributed by atoms with Crippen LogP contribution in [0.3, 0.4) is 0 Å². The number of nitrogens with zero attached hydrogens (tertiary/aromatic N) is 2. The summed E-state index contributed by atoms with van der Waals surface area (Å²) < 4.78 is 4.88. The summed E-state index contributed by atoms with van der Waals surface area (Å²) in [5.41, 5.74) is 5.56. The van der Waals surface area contributed by atoms with Crippen LogP contribution in [-0.4, -0.2) is 91.0 Å². The summed E-state index contributed by atoms with van der Waals surface area (Å²) in [7, 11) is 1.35. The van der Waals surface area contributed by atoms with E-state index in [-0.39, 0.29) is 36.4 Å². The zero-order valence-electron chi connectivity index (χ0n) is 17.9. The number of rotatable bonds is 10. The molecule has 2 heterocycles. The van der Waals surface area contributed by atoms with Crippen molar-refractivity contribution in [3.05, 3.63) is 0 Å². The van der Waals surface area contributed by atoms with E-state index in [1.54, 1.807) is 11.8 Å². The maximum atomic E-state index is 13.2. The highest BCUT2D eigenvalue weighted by molar-refractivity contribution is 7.98. The molecule has 0 spiro atoms. The van der Waals surface area contributed by atoms with E-state index in [1.165, 1.54) is 7.11 Å². The van der Waals surface area contributed by atoms with Crippen LogP contribution in [0.1, 0.15) is 39.0 Å². The molecular formula is C20H36N4O4S. The monoisotopic (exact) mass is 428 g/mol. The Morgan fingerprint density at radius 2 is 2.03 bits per heavy atom. The molecule has 3 N–H and O–H groups in total. The number of hydrogen-bond donors (Lipinski definition) is 2. The zero-order chi connectivity index (χ0) is 21.4. The minimum Gasteiger partial charge on any atom is -0.467 e. The van der Waals surface area contributed by atoms with E-state index in [0.717, 1.165) is 44.5 Å². The van der Waals surface area contributed by atoms with Crippen LogP contribution >= 0.6 is 11.8 Å². The maximum Gasteiger partial charge on any atom is 0.328 e. The Morgan fingerprint density at radius 3 is 2.66 bits per heavy atom. The van der Waals surface area contributed by atoms with E-state index in [1.807, 2.05) is 11.2 Å².